The normalized spacial score (nSPS) is 13.2. The van der Waals surface area contributed by atoms with Crippen LogP contribution in [-0.4, -0.2) is 25.4 Å². The number of pyridine rings is 2. The van der Waals surface area contributed by atoms with Crippen LogP contribution in [0.1, 0.15) is 5.56 Å². The Morgan fingerprint density at radius 3 is 2.59 bits per heavy atom. The van der Waals surface area contributed by atoms with Gasteiger partial charge in [-0.15, -0.1) is 0 Å². The van der Waals surface area contributed by atoms with E-state index >= 15 is 0 Å². The molecule has 132 valence electrons. The number of amides is 1. The topological polar surface area (TPSA) is 73.1 Å². The maximum Gasteiger partial charge on any atom is 0.303 e. The second kappa shape index (κ2) is 5.91. The zero-order valence-corrected chi connectivity index (χ0v) is 14.5. The van der Waals surface area contributed by atoms with Gasteiger partial charge < -0.3 is 4.74 Å². The summed E-state index contributed by atoms with van der Waals surface area (Å²) in [6, 6.07) is 15.3. The van der Waals surface area contributed by atoms with Crippen molar-refractivity contribution in [3.8, 4) is 11.8 Å². The van der Waals surface area contributed by atoms with Gasteiger partial charge >= 0.3 is 6.01 Å². The molecule has 0 spiro atoms. The summed E-state index contributed by atoms with van der Waals surface area (Å²) in [5.74, 6) is 1.33. The van der Waals surface area contributed by atoms with E-state index in [0.29, 0.717) is 24.0 Å². The number of imidazole rings is 1. The summed E-state index contributed by atoms with van der Waals surface area (Å²) >= 11 is 0. The van der Waals surface area contributed by atoms with Crippen molar-refractivity contribution in [2.24, 2.45) is 7.05 Å². The monoisotopic (exact) mass is 357 g/mol. The largest absolute Gasteiger partial charge is 0.425 e. The van der Waals surface area contributed by atoms with Gasteiger partial charge in [-0.2, -0.15) is 4.98 Å². The minimum atomic E-state index is 0.0128. The van der Waals surface area contributed by atoms with E-state index < -0.39 is 0 Å². The van der Waals surface area contributed by atoms with Crippen LogP contribution in [-0.2, 0) is 18.3 Å². The van der Waals surface area contributed by atoms with Gasteiger partial charge in [-0.05, 0) is 42.5 Å². The van der Waals surface area contributed by atoms with E-state index in [0.717, 1.165) is 22.4 Å². The molecule has 0 aliphatic carbocycles. The van der Waals surface area contributed by atoms with E-state index in [1.54, 1.807) is 21.9 Å². The summed E-state index contributed by atoms with van der Waals surface area (Å²) in [5.41, 5.74) is 3.23. The highest BCUT2D eigenvalue weighted by Crippen LogP contribution is 2.34. The van der Waals surface area contributed by atoms with Crippen molar-refractivity contribution in [3.63, 3.8) is 0 Å². The number of nitrogens with zero attached hydrogens (tertiary/aromatic N) is 5. The van der Waals surface area contributed by atoms with Gasteiger partial charge in [-0.1, -0.05) is 6.07 Å². The second-order valence-corrected chi connectivity index (χ2v) is 6.29. The quantitative estimate of drug-likeness (QED) is 0.562. The molecule has 3 aromatic heterocycles. The first-order valence-electron chi connectivity index (χ1n) is 8.53. The highest BCUT2D eigenvalue weighted by Gasteiger charge is 2.29. The second-order valence-electron chi connectivity index (χ2n) is 6.29. The van der Waals surface area contributed by atoms with Crippen molar-refractivity contribution in [1.82, 2.24) is 19.5 Å². The van der Waals surface area contributed by atoms with Gasteiger partial charge in [0.2, 0.25) is 5.91 Å². The molecule has 0 fully saturated rings. The molecule has 4 heterocycles. The lowest BCUT2D eigenvalue weighted by Crippen LogP contribution is -2.21. The molecule has 1 aliphatic heterocycles. The fraction of sp³-hybridized carbons (Fsp3) is 0.100. The molecule has 1 aromatic carbocycles. The number of benzene rings is 1. The Balaban J connectivity index is 1.44. The molecule has 4 aromatic rings. The molecule has 0 N–H and O–H groups in total. The number of rotatable bonds is 3. The van der Waals surface area contributed by atoms with E-state index in [1.165, 1.54) is 0 Å². The lowest BCUT2D eigenvalue weighted by Gasteiger charge is -2.16. The van der Waals surface area contributed by atoms with E-state index in [-0.39, 0.29) is 5.91 Å². The van der Waals surface area contributed by atoms with E-state index in [9.17, 15) is 4.79 Å². The zero-order chi connectivity index (χ0) is 18.4. The summed E-state index contributed by atoms with van der Waals surface area (Å²) in [4.78, 5) is 27.1. The van der Waals surface area contributed by atoms with E-state index in [2.05, 4.69) is 15.0 Å². The molecule has 7 nitrogen and oxygen atoms in total. The Hall–Kier alpha value is -3.74. The molecule has 27 heavy (non-hydrogen) atoms. The first kappa shape index (κ1) is 15.5. The first-order chi connectivity index (χ1) is 13.2. The highest BCUT2D eigenvalue weighted by atomic mass is 16.5. The third kappa shape index (κ3) is 2.52. The predicted octanol–water partition coefficient (Wildman–Crippen LogP) is 3.38. The Kier molecular flexibility index (Phi) is 3.39. The third-order valence-corrected chi connectivity index (χ3v) is 4.56. The number of ether oxygens (including phenoxy) is 1. The van der Waals surface area contributed by atoms with Gasteiger partial charge in [0.05, 0.1) is 12.1 Å². The van der Waals surface area contributed by atoms with Crippen molar-refractivity contribution in [2.45, 2.75) is 6.42 Å². The molecule has 1 aliphatic rings. The van der Waals surface area contributed by atoms with Crippen molar-refractivity contribution in [3.05, 3.63) is 66.5 Å². The number of carbonyl (C=O) groups excluding carboxylic acids is 1. The van der Waals surface area contributed by atoms with Crippen LogP contribution in [0.3, 0.4) is 0 Å². The summed E-state index contributed by atoms with van der Waals surface area (Å²) in [6.07, 6.45) is 3.79. The van der Waals surface area contributed by atoms with Gasteiger partial charge in [0.15, 0.2) is 5.65 Å². The van der Waals surface area contributed by atoms with Crippen molar-refractivity contribution < 1.29 is 9.53 Å². The van der Waals surface area contributed by atoms with E-state index in [4.69, 9.17) is 4.74 Å². The maximum absolute atomic E-state index is 12.4. The summed E-state index contributed by atoms with van der Waals surface area (Å²) < 4.78 is 7.70. The Bertz CT molecular complexity index is 1170. The summed E-state index contributed by atoms with van der Waals surface area (Å²) in [5, 5.41) is 0. The van der Waals surface area contributed by atoms with Gasteiger partial charge in [0, 0.05) is 25.0 Å². The smallest absolute Gasteiger partial charge is 0.303 e. The lowest BCUT2D eigenvalue weighted by atomic mass is 10.2. The van der Waals surface area contributed by atoms with Crippen LogP contribution in [0.4, 0.5) is 11.5 Å². The number of carbonyl (C=O) groups is 1. The Morgan fingerprint density at radius 2 is 1.78 bits per heavy atom. The average Bonchev–Trinajstić information content (AvgIpc) is 3.19. The fourth-order valence-corrected chi connectivity index (χ4v) is 3.26. The molecule has 0 unspecified atom stereocenters. The molecular weight excluding hydrogens is 342 g/mol. The molecule has 5 rings (SSSR count). The van der Waals surface area contributed by atoms with Crippen LogP contribution >= 0.6 is 0 Å². The number of fused-ring (bicyclic) bond motifs is 2. The van der Waals surface area contributed by atoms with Crippen LogP contribution in [0.25, 0.3) is 11.2 Å². The van der Waals surface area contributed by atoms with Gasteiger partial charge in [-0.3, -0.25) is 14.3 Å². The van der Waals surface area contributed by atoms with Crippen molar-refractivity contribution in [1.29, 1.82) is 0 Å². The fourth-order valence-electron chi connectivity index (χ4n) is 3.26. The molecular formula is C20H15N5O2. The van der Waals surface area contributed by atoms with Gasteiger partial charge in [0.25, 0.3) is 0 Å². The maximum atomic E-state index is 12.4. The molecule has 0 atom stereocenters. The van der Waals surface area contributed by atoms with Crippen molar-refractivity contribution in [2.75, 3.05) is 4.90 Å². The number of aromatic nitrogens is 4. The Labute approximate surface area is 154 Å². The molecule has 0 saturated heterocycles. The summed E-state index contributed by atoms with van der Waals surface area (Å²) in [6.45, 7) is 0. The number of anilines is 2. The van der Waals surface area contributed by atoms with Crippen LogP contribution < -0.4 is 9.64 Å². The number of aryl methyl sites for hydroxylation is 1. The molecule has 0 bridgehead atoms. The van der Waals surface area contributed by atoms with Gasteiger partial charge in [-0.25, -0.2) is 9.97 Å². The number of hydrogen-bond donors (Lipinski definition) is 0. The van der Waals surface area contributed by atoms with Crippen LogP contribution in [0.15, 0.2) is 60.9 Å². The standard InChI is InChI=1S/C20H15N5O2/c1-24-19-16(5-3-11-22-19)23-20(24)27-15-8-6-14(7-9-15)25-17(26)12-13-4-2-10-21-18(13)25/h2-11H,12H2,1H3. The van der Waals surface area contributed by atoms with Crippen molar-refractivity contribution >= 4 is 28.6 Å². The minimum Gasteiger partial charge on any atom is -0.425 e. The Morgan fingerprint density at radius 1 is 1.00 bits per heavy atom. The highest BCUT2D eigenvalue weighted by molar-refractivity contribution is 6.06. The van der Waals surface area contributed by atoms with Gasteiger partial charge in [0.1, 0.15) is 17.1 Å². The minimum absolute atomic E-state index is 0.0128. The molecule has 0 saturated carbocycles. The third-order valence-electron chi connectivity index (χ3n) is 4.56. The lowest BCUT2D eigenvalue weighted by molar-refractivity contribution is -0.116. The van der Waals surface area contributed by atoms with Crippen LogP contribution in [0.5, 0.6) is 11.8 Å². The first-order valence-corrected chi connectivity index (χ1v) is 8.53. The SMILES string of the molecule is Cn1c(Oc2ccc(N3C(=O)Cc4cccnc43)cc2)nc2cccnc21. The van der Waals surface area contributed by atoms with E-state index in [1.807, 2.05) is 55.6 Å². The van der Waals surface area contributed by atoms with Crippen LogP contribution in [0.2, 0.25) is 0 Å². The van der Waals surface area contributed by atoms with Crippen LogP contribution in [0, 0.1) is 0 Å². The predicted molar refractivity (Wildman–Crippen MR) is 100 cm³/mol. The zero-order valence-electron chi connectivity index (χ0n) is 14.5. The summed E-state index contributed by atoms with van der Waals surface area (Å²) in [7, 11) is 1.86. The number of hydrogen-bond acceptors (Lipinski definition) is 5. The molecule has 0 radical (unpaired) electrons. The average molecular weight is 357 g/mol. The molecule has 1 amide bonds. The molecule has 7 heteroatoms.